The molecule has 1 aromatic heterocycles. The summed E-state index contributed by atoms with van der Waals surface area (Å²) >= 11 is 1.58. The van der Waals surface area contributed by atoms with Gasteiger partial charge in [-0.2, -0.15) is 0 Å². The molecule has 0 spiro atoms. The van der Waals surface area contributed by atoms with E-state index in [1.165, 1.54) is 0 Å². The molecule has 0 aliphatic rings. The van der Waals surface area contributed by atoms with Crippen molar-refractivity contribution in [2.45, 2.75) is 22.6 Å². The Morgan fingerprint density at radius 2 is 1.68 bits per heavy atom. The van der Waals surface area contributed by atoms with E-state index in [4.69, 9.17) is 4.42 Å². The van der Waals surface area contributed by atoms with Crippen LogP contribution in [0.2, 0.25) is 0 Å². The highest BCUT2D eigenvalue weighted by molar-refractivity contribution is 7.99. The van der Waals surface area contributed by atoms with Crippen molar-refractivity contribution in [1.29, 1.82) is 0 Å². The Labute approximate surface area is 167 Å². The van der Waals surface area contributed by atoms with Crippen LogP contribution in [-0.2, 0) is 21.1 Å². The Morgan fingerprint density at radius 1 is 1.00 bits per heavy atom. The lowest BCUT2D eigenvalue weighted by atomic mass is 10.4. The minimum Gasteiger partial charge on any atom is -0.408 e. The Kier molecular flexibility index (Phi) is 6.83. The molecule has 0 saturated carbocycles. The number of anilines is 1. The highest BCUT2D eigenvalue weighted by atomic mass is 32.2. The van der Waals surface area contributed by atoms with Gasteiger partial charge in [0, 0.05) is 23.5 Å². The molecule has 0 aliphatic heterocycles. The molecule has 1 amide bonds. The molecular weight excluding hydrogens is 398 g/mol. The van der Waals surface area contributed by atoms with Gasteiger partial charge in [-0.05, 0) is 24.3 Å². The molecule has 7 nitrogen and oxygen atoms in total. The lowest BCUT2D eigenvalue weighted by molar-refractivity contribution is -0.115. The van der Waals surface area contributed by atoms with E-state index in [9.17, 15) is 13.2 Å². The number of nitrogens with zero attached hydrogens (tertiary/aromatic N) is 2. The summed E-state index contributed by atoms with van der Waals surface area (Å²) in [6.45, 7) is 0. The second kappa shape index (κ2) is 9.52. The van der Waals surface area contributed by atoms with Gasteiger partial charge in [0.15, 0.2) is 9.84 Å². The van der Waals surface area contributed by atoms with Crippen LogP contribution in [0.15, 0.2) is 74.9 Å². The Bertz CT molecular complexity index is 1010. The van der Waals surface area contributed by atoms with Crippen LogP contribution in [0.25, 0.3) is 0 Å². The van der Waals surface area contributed by atoms with E-state index in [1.54, 1.807) is 42.1 Å². The van der Waals surface area contributed by atoms with Gasteiger partial charge in [-0.3, -0.25) is 10.1 Å². The number of carbonyl (C=O) groups excluding carboxylic acids is 1. The zero-order chi connectivity index (χ0) is 19.8. The standard InChI is InChI=1S/C19H19N3O4S2/c23-17(11-13-27-15-7-3-1-4-8-15)20-19-22-21-18(26-19)12-14-28(24,25)16-9-5-2-6-10-16/h1-10H,11-14H2,(H,20,22,23). The topological polar surface area (TPSA) is 102 Å². The number of carbonyl (C=O) groups is 1. The number of rotatable bonds is 9. The number of sulfone groups is 1. The van der Waals surface area contributed by atoms with E-state index in [1.807, 2.05) is 30.3 Å². The van der Waals surface area contributed by atoms with Crippen molar-refractivity contribution in [1.82, 2.24) is 10.2 Å². The van der Waals surface area contributed by atoms with Crippen molar-refractivity contribution in [2.24, 2.45) is 0 Å². The van der Waals surface area contributed by atoms with Crippen molar-refractivity contribution >= 4 is 33.5 Å². The summed E-state index contributed by atoms with van der Waals surface area (Å²) < 4.78 is 29.9. The fourth-order valence-corrected chi connectivity index (χ4v) is 4.46. The molecule has 3 aromatic rings. The van der Waals surface area contributed by atoms with Gasteiger partial charge in [0.2, 0.25) is 11.8 Å². The van der Waals surface area contributed by atoms with Crippen molar-refractivity contribution in [2.75, 3.05) is 16.8 Å². The summed E-state index contributed by atoms with van der Waals surface area (Å²) in [6, 6.07) is 18.0. The zero-order valence-electron chi connectivity index (χ0n) is 14.9. The van der Waals surface area contributed by atoms with Crippen molar-refractivity contribution in [3.05, 3.63) is 66.6 Å². The number of thioether (sulfide) groups is 1. The molecule has 0 fully saturated rings. The first-order chi connectivity index (χ1) is 13.5. The van der Waals surface area contributed by atoms with Crippen LogP contribution >= 0.6 is 11.8 Å². The van der Waals surface area contributed by atoms with Gasteiger partial charge >= 0.3 is 6.01 Å². The predicted molar refractivity (Wildman–Crippen MR) is 107 cm³/mol. The van der Waals surface area contributed by atoms with Crippen molar-refractivity contribution < 1.29 is 17.6 Å². The first-order valence-electron chi connectivity index (χ1n) is 8.61. The third kappa shape index (κ3) is 5.93. The van der Waals surface area contributed by atoms with Gasteiger partial charge in [-0.1, -0.05) is 41.5 Å². The Balaban J connectivity index is 1.45. The number of nitrogens with one attached hydrogen (secondary N) is 1. The van der Waals surface area contributed by atoms with Gasteiger partial charge in [-0.15, -0.1) is 16.9 Å². The van der Waals surface area contributed by atoms with Crippen LogP contribution in [0.3, 0.4) is 0 Å². The van der Waals surface area contributed by atoms with Crippen LogP contribution in [-0.4, -0.2) is 36.0 Å². The maximum Gasteiger partial charge on any atom is 0.322 e. The molecule has 0 radical (unpaired) electrons. The Morgan fingerprint density at radius 3 is 2.39 bits per heavy atom. The van der Waals surface area contributed by atoms with Crippen LogP contribution < -0.4 is 5.32 Å². The van der Waals surface area contributed by atoms with Gasteiger partial charge in [-0.25, -0.2) is 8.42 Å². The minimum absolute atomic E-state index is 0.0261. The van der Waals surface area contributed by atoms with E-state index < -0.39 is 9.84 Å². The average molecular weight is 418 g/mol. The van der Waals surface area contributed by atoms with Crippen LogP contribution in [0.4, 0.5) is 6.01 Å². The van der Waals surface area contributed by atoms with Crippen molar-refractivity contribution in [3.63, 3.8) is 0 Å². The lowest BCUT2D eigenvalue weighted by Gasteiger charge is -2.02. The summed E-state index contributed by atoms with van der Waals surface area (Å²) in [4.78, 5) is 13.3. The lowest BCUT2D eigenvalue weighted by Crippen LogP contribution is -2.12. The summed E-state index contributed by atoms with van der Waals surface area (Å²) in [6.07, 6.45) is 0.365. The van der Waals surface area contributed by atoms with Crippen LogP contribution in [0.5, 0.6) is 0 Å². The SMILES string of the molecule is O=C(CCSc1ccccc1)Nc1nnc(CCS(=O)(=O)c2ccccc2)o1. The summed E-state index contributed by atoms with van der Waals surface area (Å²) in [7, 11) is -3.43. The maximum atomic E-state index is 12.3. The molecule has 1 heterocycles. The first kappa shape index (κ1) is 20.1. The molecule has 3 rings (SSSR count). The van der Waals surface area contributed by atoms with E-state index in [0.717, 1.165) is 4.90 Å². The molecule has 1 N–H and O–H groups in total. The van der Waals surface area contributed by atoms with E-state index in [2.05, 4.69) is 15.5 Å². The monoisotopic (exact) mass is 417 g/mol. The quantitative estimate of drug-likeness (QED) is 0.533. The highest BCUT2D eigenvalue weighted by Crippen LogP contribution is 2.18. The number of hydrogen-bond acceptors (Lipinski definition) is 7. The smallest absolute Gasteiger partial charge is 0.322 e. The van der Waals surface area contributed by atoms with Crippen LogP contribution in [0, 0.1) is 0 Å². The fourth-order valence-electron chi connectivity index (χ4n) is 2.33. The van der Waals surface area contributed by atoms with Crippen molar-refractivity contribution in [3.8, 4) is 0 Å². The Hall–Kier alpha value is -2.65. The first-order valence-corrected chi connectivity index (χ1v) is 11.2. The third-order valence-corrected chi connectivity index (χ3v) is 6.49. The van der Waals surface area contributed by atoms with Gasteiger partial charge in [0.05, 0.1) is 10.6 Å². The molecule has 0 bridgehead atoms. The van der Waals surface area contributed by atoms with E-state index in [-0.39, 0.29) is 34.9 Å². The molecule has 0 aliphatic carbocycles. The number of aromatic nitrogens is 2. The molecule has 9 heteroatoms. The van der Waals surface area contributed by atoms with Gasteiger partial charge < -0.3 is 4.42 Å². The number of amides is 1. The summed E-state index contributed by atoms with van der Waals surface area (Å²) in [5.41, 5.74) is 0. The zero-order valence-corrected chi connectivity index (χ0v) is 16.6. The van der Waals surface area contributed by atoms with E-state index in [0.29, 0.717) is 12.2 Å². The summed E-state index contributed by atoms with van der Waals surface area (Å²) in [5.74, 6) is 0.385. The molecule has 28 heavy (non-hydrogen) atoms. The largest absolute Gasteiger partial charge is 0.408 e. The predicted octanol–water partition coefficient (Wildman–Crippen LogP) is 3.21. The second-order valence-electron chi connectivity index (χ2n) is 5.84. The fraction of sp³-hybridized carbons (Fsp3) is 0.211. The number of aryl methyl sites for hydroxylation is 1. The molecule has 0 saturated heterocycles. The molecule has 2 aromatic carbocycles. The highest BCUT2D eigenvalue weighted by Gasteiger charge is 2.17. The molecular formula is C19H19N3O4S2. The number of hydrogen-bond donors (Lipinski definition) is 1. The van der Waals surface area contributed by atoms with E-state index >= 15 is 0 Å². The minimum atomic E-state index is -3.43. The molecule has 0 atom stereocenters. The normalized spacial score (nSPS) is 11.3. The van der Waals surface area contributed by atoms with Gasteiger partial charge in [0.1, 0.15) is 0 Å². The third-order valence-electron chi connectivity index (χ3n) is 3.74. The maximum absolute atomic E-state index is 12.3. The second-order valence-corrected chi connectivity index (χ2v) is 9.12. The number of benzene rings is 2. The van der Waals surface area contributed by atoms with Gasteiger partial charge in [0.25, 0.3) is 0 Å². The van der Waals surface area contributed by atoms with Crippen LogP contribution in [0.1, 0.15) is 12.3 Å². The summed E-state index contributed by atoms with van der Waals surface area (Å²) in [5, 5.41) is 10.1. The average Bonchev–Trinajstić information content (AvgIpc) is 3.15. The molecule has 146 valence electrons. The molecule has 0 unspecified atom stereocenters.